The van der Waals surface area contributed by atoms with Gasteiger partial charge in [0.25, 0.3) is 5.91 Å². The van der Waals surface area contributed by atoms with E-state index in [9.17, 15) is 33.9 Å². The highest BCUT2D eigenvalue weighted by molar-refractivity contribution is 8.00. The molecule has 304 valence electrons. The van der Waals surface area contributed by atoms with Gasteiger partial charge in [-0.05, 0) is 126 Å². The summed E-state index contributed by atoms with van der Waals surface area (Å²) >= 11 is 1.38. The van der Waals surface area contributed by atoms with Crippen molar-refractivity contribution in [3.05, 3.63) is 100 Å². The fourth-order valence-corrected chi connectivity index (χ4v) is 7.41. The molecule has 57 heavy (non-hydrogen) atoms. The van der Waals surface area contributed by atoms with E-state index in [1.807, 2.05) is 44.4 Å². The topological polar surface area (TPSA) is 174 Å². The summed E-state index contributed by atoms with van der Waals surface area (Å²) in [4.78, 5) is 83.3. The molecule has 0 saturated heterocycles. The van der Waals surface area contributed by atoms with Crippen molar-refractivity contribution in [2.24, 2.45) is 0 Å². The standard InChI is InChI=1S/C43H53N5O8S/c1-25(47(7)41(55)56-42(2,3)4)36(49)46-35(43(5,6)57-8)39(52)48-24-30-22-31(44-37(50)27-16-18-28(19-17-27)40(53)54)21-20-29(30)23-34(48)38(51)45-33-15-11-13-26-12-9-10-14-32(26)33/h9-10,12,14,16-22,25,33-35H,11,13,15,23-24H2,1-8H3,(H,44,50)(H,45,51)(H,46,49)(H,53,54)/t25-,33?,34-,35?/m0/s1. The van der Waals surface area contributed by atoms with E-state index in [0.717, 1.165) is 30.4 Å². The molecular weight excluding hydrogens is 747 g/mol. The van der Waals surface area contributed by atoms with E-state index in [0.29, 0.717) is 11.3 Å². The van der Waals surface area contributed by atoms with Gasteiger partial charge in [0.1, 0.15) is 23.7 Å². The summed E-state index contributed by atoms with van der Waals surface area (Å²) in [5, 5.41) is 18.3. The Kier molecular flexibility index (Phi) is 13.1. The predicted molar refractivity (Wildman–Crippen MR) is 219 cm³/mol. The van der Waals surface area contributed by atoms with Crippen LogP contribution in [0.1, 0.15) is 103 Å². The van der Waals surface area contributed by atoms with Gasteiger partial charge in [0.05, 0.1) is 11.6 Å². The number of hydrogen-bond acceptors (Lipinski definition) is 8. The summed E-state index contributed by atoms with van der Waals surface area (Å²) in [6.45, 7) is 10.4. The van der Waals surface area contributed by atoms with Crippen LogP contribution < -0.4 is 16.0 Å². The van der Waals surface area contributed by atoms with Crippen LogP contribution >= 0.6 is 11.8 Å². The number of nitrogens with zero attached hydrogens (tertiary/aromatic N) is 2. The van der Waals surface area contributed by atoms with Crippen molar-refractivity contribution in [1.82, 2.24) is 20.4 Å². The Labute approximate surface area is 338 Å². The molecule has 2 aliphatic rings. The minimum Gasteiger partial charge on any atom is -0.478 e. The molecule has 2 unspecified atom stereocenters. The van der Waals surface area contributed by atoms with Crippen molar-refractivity contribution < 1.29 is 38.6 Å². The number of carboxylic acids is 1. The molecule has 1 heterocycles. The highest BCUT2D eigenvalue weighted by Gasteiger charge is 2.45. The molecule has 0 aromatic heterocycles. The van der Waals surface area contributed by atoms with Gasteiger partial charge in [0, 0.05) is 36.0 Å². The highest BCUT2D eigenvalue weighted by Crippen LogP contribution is 2.34. The van der Waals surface area contributed by atoms with Crippen molar-refractivity contribution in [1.29, 1.82) is 0 Å². The van der Waals surface area contributed by atoms with Crippen molar-refractivity contribution in [2.45, 2.75) is 108 Å². The molecule has 0 bridgehead atoms. The van der Waals surface area contributed by atoms with Crippen molar-refractivity contribution in [3.63, 3.8) is 0 Å². The molecule has 0 saturated carbocycles. The van der Waals surface area contributed by atoms with Gasteiger partial charge in [0.15, 0.2) is 0 Å². The minimum absolute atomic E-state index is 0.00865. The molecule has 0 spiro atoms. The van der Waals surface area contributed by atoms with E-state index in [2.05, 4.69) is 22.0 Å². The molecule has 4 N–H and O–H groups in total. The second-order valence-electron chi connectivity index (χ2n) is 16.2. The number of carbonyl (C=O) groups is 6. The summed E-state index contributed by atoms with van der Waals surface area (Å²) in [7, 11) is 1.46. The number of thioether (sulfide) groups is 1. The number of anilines is 1. The monoisotopic (exact) mass is 799 g/mol. The lowest BCUT2D eigenvalue weighted by Crippen LogP contribution is -2.63. The Bertz CT molecular complexity index is 2030. The first-order valence-corrected chi connectivity index (χ1v) is 20.3. The summed E-state index contributed by atoms with van der Waals surface area (Å²) in [6.07, 6.45) is 3.91. The third kappa shape index (κ3) is 10.1. The number of aryl methyl sites for hydroxylation is 1. The van der Waals surface area contributed by atoms with Gasteiger partial charge in [-0.25, -0.2) is 9.59 Å². The predicted octanol–water partition coefficient (Wildman–Crippen LogP) is 5.97. The Balaban J connectivity index is 1.46. The summed E-state index contributed by atoms with van der Waals surface area (Å²) in [5.74, 6) is -2.91. The van der Waals surface area contributed by atoms with E-state index >= 15 is 0 Å². The van der Waals surface area contributed by atoms with Crippen LogP contribution in [0.25, 0.3) is 0 Å². The lowest BCUT2D eigenvalue weighted by atomic mass is 9.87. The maximum atomic E-state index is 15.0. The van der Waals surface area contributed by atoms with Gasteiger partial charge in [-0.2, -0.15) is 11.8 Å². The average molecular weight is 800 g/mol. The molecule has 14 heteroatoms. The average Bonchev–Trinajstić information content (AvgIpc) is 3.17. The first-order chi connectivity index (χ1) is 26.8. The molecular formula is C43H53N5O8S. The molecule has 13 nitrogen and oxygen atoms in total. The summed E-state index contributed by atoms with van der Waals surface area (Å²) in [5.41, 5.74) is 3.75. The van der Waals surface area contributed by atoms with Gasteiger partial charge in [-0.1, -0.05) is 30.3 Å². The van der Waals surface area contributed by atoms with Crippen LogP contribution in [-0.2, 0) is 38.5 Å². The molecule has 1 aliphatic heterocycles. The second-order valence-corrected chi connectivity index (χ2v) is 17.6. The van der Waals surface area contributed by atoms with Crippen LogP contribution in [0.2, 0.25) is 0 Å². The molecule has 5 rings (SSSR count). The zero-order valence-electron chi connectivity index (χ0n) is 33.8. The lowest BCUT2D eigenvalue weighted by Gasteiger charge is -2.42. The number of carbonyl (C=O) groups excluding carboxylic acids is 5. The maximum absolute atomic E-state index is 15.0. The zero-order valence-corrected chi connectivity index (χ0v) is 34.6. The van der Waals surface area contributed by atoms with E-state index < -0.39 is 58.3 Å². The zero-order chi connectivity index (χ0) is 41.8. The minimum atomic E-state index is -1.11. The van der Waals surface area contributed by atoms with Crippen LogP contribution in [0.5, 0.6) is 0 Å². The van der Waals surface area contributed by atoms with Crippen LogP contribution in [0.3, 0.4) is 0 Å². The Morgan fingerprint density at radius 3 is 2.23 bits per heavy atom. The lowest BCUT2D eigenvalue weighted by molar-refractivity contribution is -0.145. The number of hydrogen-bond donors (Lipinski definition) is 4. The number of nitrogens with one attached hydrogen (secondary N) is 3. The Morgan fingerprint density at radius 1 is 0.912 bits per heavy atom. The van der Waals surface area contributed by atoms with Crippen molar-refractivity contribution >= 4 is 53.1 Å². The quantitative estimate of drug-likeness (QED) is 0.182. The van der Waals surface area contributed by atoms with Crippen LogP contribution in [0.4, 0.5) is 10.5 Å². The number of rotatable bonds is 11. The number of fused-ring (bicyclic) bond motifs is 2. The van der Waals surface area contributed by atoms with Gasteiger partial charge < -0.3 is 30.7 Å². The maximum Gasteiger partial charge on any atom is 0.410 e. The third-order valence-corrected chi connectivity index (χ3v) is 11.9. The van der Waals surface area contributed by atoms with E-state index in [1.54, 1.807) is 39.8 Å². The molecule has 1 aliphatic carbocycles. The SMILES string of the molecule is CSC(C)(C)C(NC(=O)[C@H](C)N(C)C(=O)OC(C)(C)C)C(=O)N1Cc2cc(NC(=O)c3ccc(C(=O)O)cc3)ccc2C[C@H]1C(=O)NC1CCCc2ccccc21. The van der Waals surface area contributed by atoms with Crippen molar-refractivity contribution in [3.8, 4) is 0 Å². The molecule has 0 radical (unpaired) electrons. The van der Waals surface area contributed by atoms with Crippen LogP contribution in [0.15, 0.2) is 66.7 Å². The van der Waals surface area contributed by atoms with Gasteiger partial charge in [-0.15, -0.1) is 0 Å². The number of ether oxygens (including phenoxy) is 1. The van der Waals surface area contributed by atoms with E-state index in [-0.39, 0.29) is 36.0 Å². The van der Waals surface area contributed by atoms with E-state index in [1.165, 1.54) is 58.4 Å². The first kappa shape index (κ1) is 42.8. The van der Waals surface area contributed by atoms with Gasteiger partial charge >= 0.3 is 12.1 Å². The number of benzene rings is 3. The normalized spacial score (nSPS) is 17.5. The smallest absolute Gasteiger partial charge is 0.410 e. The van der Waals surface area contributed by atoms with E-state index in [4.69, 9.17) is 4.74 Å². The number of amides is 5. The van der Waals surface area contributed by atoms with Crippen LogP contribution in [-0.4, -0.2) is 92.4 Å². The number of carboxylic acid groups (broad SMARTS) is 1. The van der Waals surface area contributed by atoms with Crippen molar-refractivity contribution in [2.75, 3.05) is 18.6 Å². The Hall–Kier alpha value is -5.37. The van der Waals surface area contributed by atoms with Gasteiger partial charge in [0.2, 0.25) is 17.7 Å². The fourth-order valence-electron chi connectivity index (χ4n) is 7.01. The summed E-state index contributed by atoms with van der Waals surface area (Å²) in [6, 6.07) is 15.7. The number of likely N-dealkylation sites (N-methyl/N-ethyl adjacent to an activating group) is 1. The molecule has 0 fully saturated rings. The van der Waals surface area contributed by atoms with Crippen LogP contribution in [0, 0.1) is 0 Å². The molecule has 3 aromatic rings. The molecule has 5 amide bonds. The Morgan fingerprint density at radius 2 is 1.58 bits per heavy atom. The summed E-state index contributed by atoms with van der Waals surface area (Å²) < 4.78 is 4.62. The molecule has 3 aromatic carbocycles. The first-order valence-electron chi connectivity index (χ1n) is 19.1. The fraction of sp³-hybridized carbons (Fsp3) is 0.442. The third-order valence-electron chi connectivity index (χ3n) is 10.7. The largest absolute Gasteiger partial charge is 0.478 e. The molecule has 4 atom stereocenters. The highest BCUT2D eigenvalue weighted by atomic mass is 32.2. The number of aromatic carboxylic acids is 1. The second kappa shape index (κ2) is 17.4. The van der Waals surface area contributed by atoms with Gasteiger partial charge in [-0.3, -0.25) is 24.1 Å².